The van der Waals surface area contributed by atoms with Gasteiger partial charge in [0.2, 0.25) is 0 Å². The Kier molecular flexibility index (Phi) is 5.80. The summed E-state index contributed by atoms with van der Waals surface area (Å²) in [6.07, 6.45) is 5.84. The van der Waals surface area contributed by atoms with Crippen LogP contribution in [0.25, 0.3) is 0 Å². The summed E-state index contributed by atoms with van der Waals surface area (Å²) in [5.74, 6) is 0.902. The minimum Gasteiger partial charge on any atom is -0.492 e. The van der Waals surface area contributed by atoms with Crippen LogP contribution in [0.4, 0.5) is 0 Å². The van der Waals surface area contributed by atoms with E-state index < -0.39 is 0 Å². The molecule has 1 atom stereocenters. The third-order valence-electron chi connectivity index (χ3n) is 4.08. The lowest BCUT2D eigenvalue weighted by Crippen LogP contribution is -2.37. The van der Waals surface area contributed by atoms with Gasteiger partial charge in [-0.3, -0.25) is 4.98 Å². The van der Waals surface area contributed by atoms with Crippen LogP contribution in [0.5, 0.6) is 5.75 Å². The van der Waals surface area contributed by atoms with E-state index in [1.165, 1.54) is 25.8 Å². The molecule has 1 aromatic heterocycles. The number of hydrogen-bond acceptors (Lipinski definition) is 4. The second kappa shape index (κ2) is 7.60. The Balaban J connectivity index is 1.87. The Bertz CT molecular complexity index is 422. The van der Waals surface area contributed by atoms with Crippen LogP contribution in [0.3, 0.4) is 0 Å². The van der Waals surface area contributed by atoms with E-state index in [1.54, 1.807) is 0 Å². The molecule has 0 spiro atoms. The predicted molar refractivity (Wildman–Crippen MR) is 82.1 cm³/mol. The number of aromatic nitrogens is 1. The Hall–Kier alpha value is -1.13. The van der Waals surface area contributed by atoms with Gasteiger partial charge in [-0.2, -0.15) is 0 Å². The topological polar surface area (TPSA) is 51.4 Å². The lowest BCUT2D eigenvalue weighted by molar-refractivity contribution is 0.152. The maximum Gasteiger partial charge on any atom is 0.140 e. The van der Waals surface area contributed by atoms with Gasteiger partial charge in [0, 0.05) is 18.2 Å². The Labute approximate surface area is 122 Å². The summed E-state index contributed by atoms with van der Waals surface area (Å²) in [5.41, 5.74) is 7.65. The number of hydrogen-bond donors (Lipinski definition) is 1. The Morgan fingerprint density at radius 1 is 1.40 bits per heavy atom. The summed E-state index contributed by atoms with van der Waals surface area (Å²) in [7, 11) is 2.22. The molecule has 0 amide bonds. The molecule has 112 valence electrons. The fourth-order valence-corrected chi connectivity index (χ4v) is 2.86. The molecule has 0 radical (unpaired) electrons. The van der Waals surface area contributed by atoms with Gasteiger partial charge in [0.15, 0.2) is 0 Å². The molecule has 1 aliphatic heterocycles. The standard InChI is InChI=1S/C16H27N3O/c1-13-6-7-16(15(18-13)8-10-17)20-12-9-14-5-3-4-11-19(14)2/h6-7,14H,3-5,8-12,17H2,1-2H3. The molecule has 1 unspecified atom stereocenters. The van der Waals surface area contributed by atoms with Gasteiger partial charge in [-0.15, -0.1) is 0 Å². The fraction of sp³-hybridized carbons (Fsp3) is 0.688. The lowest BCUT2D eigenvalue weighted by atomic mass is 10.0. The molecule has 1 aliphatic rings. The summed E-state index contributed by atoms with van der Waals surface area (Å²) >= 11 is 0. The SMILES string of the molecule is Cc1ccc(OCCC2CCCCN2C)c(CCN)n1. The first-order chi connectivity index (χ1) is 9.70. The van der Waals surface area contributed by atoms with Gasteiger partial charge in [-0.05, 0) is 58.5 Å². The normalized spacial score (nSPS) is 20.1. The van der Waals surface area contributed by atoms with Crippen molar-refractivity contribution in [1.82, 2.24) is 9.88 Å². The molecule has 20 heavy (non-hydrogen) atoms. The molecule has 1 fully saturated rings. The van der Waals surface area contributed by atoms with E-state index in [1.807, 2.05) is 19.1 Å². The molecule has 2 N–H and O–H groups in total. The van der Waals surface area contributed by atoms with Crippen molar-refractivity contribution in [3.05, 3.63) is 23.5 Å². The van der Waals surface area contributed by atoms with E-state index in [4.69, 9.17) is 10.5 Å². The zero-order chi connectivity index (χ0) is 14.4. The second-order valence-corrected chi connectivity index (χ2v) is 5.70. The zero-order valence-electron chi connectivity index (χ0n) is 12.8. The van der Waals surface area contributed by atoms with Crippen LogP contribution in [0.1, 0.15) is 37.1 Å². The Morgan fingerprint density at radius 2 is 2.25 bits per heavy atom. The number of rotatable bonds is 6. The molecule has 4 nitrogen and oxygen atoms in total. The average molecular weight is 277 g/mol. The minimum atomic E-state index is 0.609. The summed E-state index contributed by atoms with van der Waals surface area (Å²) in [6.45, 7) is 4.59. The van der Waals surface area contributed by atoms with Gasteiger partial charge < -0.3 is 15.4 Å². The van der Waals surface area contributed by atoms with Gasteiger partial charge in [0.05, 0.1) is 12.3 Å². The molecule has 2 rings (SSSR count). The van der Waals surface area contributed by atoms with Crippen LogP contribution >= 0.6 is 0 Å². The molecular weight excluding hydrogens is 250 g/mol. The summed E-state index contributed by atoms with van der Waals surface area (Å²) in [5, 5.41) is 0. The van der Waals surface area contributed by atoms with Crippen molar-refractivity contribution in [3.63, 3.8) is 0 Å². The van der Waals surface area contributed by atoms with Crippen molar-refractivity contribution >= 4 is 0 Å². The number of pyridine rings is 1. The van der Waals surface area contributed by atoms with Gasteiger partial charge in [-0.1, -0.05) is 6.42 Å². The van der Waals surface area contributed by atoms with Gasteiger partial charge >= 0.3 is 0 Å². The van der Waals surface area contributed by atoms with Crippen molar-refractivity contribution in [1.29, 1.82) is 0 Å². The zero-order valence-corrected chi connectivity index (χ0v) is 12.8. The molecule has 0 aliphatic carbocycles. The highest BCUT2D eigenvalue weighted by Gasteiger charge is 2.18. The van der Waals surface area contributed by atoms with E-state index in [-0.39, 0.29) is 0 Å². The maximum absolute atomic E-state index is 5.95. The highest BCUT2D eigenvalue weighted by molar-refractivity contribution is 5.29. The smallest absolute Gasteiger partial charge is 0.140 e. The van der Waals surface area contributed by atoms with E-state index >= 15 is 0 Å². The minimum absolute atomic E-state index is 0.609. The lowest BCUT2D eigenvalue weighted by Gasteiger charge is -2.32. The second-order valence-electron chi connectivity index (χ2n) is 5.70. The van der Waals surface area contributed by atoms with Crippen LogP contribution in [0.15, 0.2) is 12.1 Å². The molecule has 0 saturated carbocycles. The number of ether oxygens (including phenoxy) is 1. The van der Waals surface area contributed by atoms with E-state index in [2.05, 4.69) is 16.9 Å². The highest BCUT2D eigenvalue weighted by atomic mass is 16.5. The third kappa shape index (κ3) is 4.18. The molecule has 0 aromatic carbocycles. The molecule has 1 aromatic rings. The first kappa shape index (κ1) is 15.3. The fourth-order valence-electron chi connectivity index (χ4n) is 2.86. The van der Waals surface area contributed by atoms with Gasteiger partial charge in [-0.25, -0.2) is 0 Å². The average Bonchev–Trinajstić information content (AvgIpc) is 2.43. The quantitative estimate of drug-likeness (QED) is 0.865. The molecule has 4 heteroatoms. The molecule has 2 heterocycles. The summed E-state index contributed by atoms with van der Waals surface area (Å²) in [4.78, 5) is 6.99. The highest BCUT2D eigenvalue weighted by Crippen LogP contribution is 2.20. The van der Waals surface area contributed by atoms with Gasteiger partial charge in [0.25, 0.3) is 0 Å². The summed E-state index contributed by atoms with van der Waals surface area (Å²) in [6, 6.07) is 4.69. The van der Waals surface area contributed by atoms with Crippen LogP contribution in [-0.2, 0) is 6.42 Å². The largest absolute Gasteiger partial charge is 0.492 e. The Morgan fingerprint density at radius 3 is 3.00 bits per heavy atom. The predicted octanol–water partition coefficient (Wildman–Crippen LogP) is 2.14. The van der Waals surface area contributed by atoms with Crippen molar-refractivity contribution < 1.29 is 4.74 Å². The maximum atomic E-state index is 5.95. The first-order valence-corrected chi connectivity index (χ1v) is 7.70. The van der Waals surface area contributed by atoms with Crippen LogP contribution in [0, 0.1) is 6.92 Å². The van der Waals surface area contributed by atoms with Crippen molar-refractivity contribution in [2.24, 2.45) is 5.73 Å². The molecule has 1 saturated heterocycles. The van der Waals surface area contributed by atoms with E-state index in [0.717, 1.165) is 36.6 Å². The number of piperidine rings is 1. The monoisotopic (exact) mass is 277 g/mol. The van der Waals surface area contributed by atoms with Crippen LogP contribution in [0.2, 0.25) is 0 Å². The summed E-state index contributed by atoms with van der Waals surface area (Å²) < 4.78 is 5.95. The number of nitrogens with zero attached hydrogens (tertiary/aromatic N) is 2. The van der Waals surface area contributed by atoms with E-state index in [9.17, 15) is 0 Å². The third-order valence-corrected chi connectivity index (χ3v) is 4.08. The van der Waals surface area contributed by atoms with E-state index in [0.29, 0.717) is 12.6 Å². The molecular formula is C16H27N3O. The first-order valence-electron chi connectivity index (χ1n) is 7.70. The van der Waals surface area contributed by atoms with Crippen molar-refractivity contribution in [2.75, 3.05) is 26.7 Å². The van der Waals surface area contributed by atoms with Crippen molar-refractivity contribution in [2.45, 2.75) is 45.1 Å². The van der Waals surface area contributed by atoms with Crippen LogP contribution in [-0.4, -0.2) is 42.7 Å². The number of nitrogens with two attached hydrogens (primary N) is 1. The van der Waals surface area contributed by atoms with Gasteiger partial charge in [0.1, 0.15) is 5.75 Å². The van der Waals surface area contributed by atoms with Crippen molar-refractivity contribution in [3.8, 4) is 5.75 Å². The number of likely N-dealkylation sites (tertiary alicyclic amines) is 1. The number of aryl methyl sites for hydroxylation is 1. The van der Waals surface area contributed by atoms with Crippen LogP contribution < -0.4 is 10.5 Å². The molecule has 0 bridgehead atoms.